The van der Waals surface area contributed by atoms with E-state index in [9.17, 15) is 9.59 Å². The van der Waals surface area contributed by atoms with Gasteiger partial charge in [-0.25, -0.2) is 9.59 Å². The van der Waals surface area contributed by atoms with Crippen LogP contribution in [0.5, 0.6) is 11.5 Å². The molecule has 7 nitrogen and oxygen atoms in total. The van der Waals surface area contributed by atoms with Crippen LogP contribution in [0.4, 0.5) is 10.5 Å². The molecule has 7 heteroatoms. The zero-order chi connectivity index (χ0) is 14.5. The van der Waals surface area contributed by atoms with Crippen LogP contribution in [0.1, 0.15) is 13.3 Å². The zero-order valence-electron chi connectivity index (χ0n) is 11.0. The molecule has 3 N–H and O–H groups in total. The maximum Gasteiger partial charge on any atom is 0.326 e. The lowest BCUT2D eigenvalue weighted by molar-refractivity contribution is -0.139. The van der Waals surface area contributed by atoms with Crippen LogP contribution in [-0.4, -0.2) is 36.4 Å². The molecule has 0 aliphatic carbocycles. The van der Waals surface area contributed by atoms with E-state index in [0.29, 0.717) is 36.8 Å². The van der Waals surface area contributed by atoms with Gasteiger partial charge < -0.3 is 25.2 Å². The van der Waals surface area contributed by atoms with Crippen LogP contribution in [0.2, 0.25) is 0 Å². The fourth-order valence-corrected chi connectivity index (χ4v) is 1.78. The van der Waals surface area contributed by atoms with Crippen molar-refractivity contribution in [3.05, 3.63) is 18.2 Å². The molecule has 2 rings (SSSR count). The summed E-state index contributed by atoms with van der Waals surface area (Å²) in [5.41, 5.74) is 0.506. The molecular weight excluding hydrogens is 264 g/mol. The summed E-state index contributed by atoms with van der Waals surface area (Å²) in [6, 6.07) is 3.51. The van der Waals surface area contributed by atoms with Crippen molar-refractivity contribution in [1.82, 2.24) is 5.32 Å². The van der Waals surface area contributed by atoms with Crippen LogP contribution in [0, 0.1) is 0 Å². The van der Waals surface area contributed by atoms with E-state index in [0.717, 1.165) is 0 Å². The molecule has 1 aromatic rings. The molecular formula is C13H16N2O5. The number of carbonyl (C=O) groups is 2. The highest BCUT2D eigenvalue weighted by Gasteiger charge is 2.18. The van der Waals surface area contributed by atoms with Gasteiger partial charge in [0.2, 0.25) is 0 Å². The minimum atomic E-state index is -1.06. The van der Waals surface area contributed by atoms with Crippen LogP contribution in [-0.2, 0) is 4.79 Å². The average Bonchev–Trinajstić information content (AvgIpc) is 2.44. The van der Waals surface area contributed by atoms with Gasteiger partial charge in [0, 0.05) is 11.8 Å². The van der Waals surface area contributed by atoms with Crippen molar-refractivity contribution in [3.63, 3.8) is 0 Å². The number of rotatable bonds is 4. The Kier molecular flexibility index (Phi) is 4.29. The summed E-state index contributed by atoms with van der Waals surface area (Å²) >= 11 is 0. The number of amides is 2. The van der Waals surface area contributed by atoms with Crippen LogP contribution in [0.15, 0.2) is 18.2 Å². The first-order chi connectivity index (χ1) is 9.60. The molecule has 1 unspecified atom stereocenters. The molecule has 0 saturated carbocycles. The molecule has 0 aromatic heterocycles. The van der Waals surface area contributed by atoms with Gasteiger partial charge in [0.1, 0.15) is 19.3 Å². The summed E-state index contributed by atoms with van der Waals surface area (Å²) in [6.07, 6.45) is 0.309. The molecule has 0 radical (unpaired) electrons. The number of benzene rings is 1. The highest BCUT2D eigenvalue weighted by atomic mass is 16.6. The van der Waals surface area contributed by atoms with Gasteiger partial charge >= 0.3 is 12.0 Å². The van der Waals surface area contributed by atoms with E-state index >= 15 is 0 Å². The van der Waals surface area contributed by atoms with E-state index < -0.39 is 18.0 Å². The van der Waals surface area contributed by atoms with Gasteiger partial charge in [0.15, 0.2) is 11.5 Å². The van der Waals surface area contributed by atoms with Crippen molar-refractivity contribution in [1.29, 1.82) is 0 Å². The smallest absolute Gasteiger partial charge is 0.326 e. The maximum atomic E-state index is 11.7. The molecule has 0 saturated heterocycles. The van der Waals surface area contributed by atoms with E-state index in [1.54, 1.807) is 25.1 Å². The lowest BCUT2D eigenvalue weighted by Gasteiger charge is -2.19. The molecule has 1 aliphatic rings. The van der Waals surface area contributed by atoms with Crippen molar-refractivity contribution < 1.29 is 24.2 Å². The highest BCUT2D eigenvalue weighted by molar-refractivity contribution is 5.92. The largest absolute Gasteiger partial charge is 0.486 e. The molecule has 108 valence electrons. The van der Waals surface area contributed by atoms with E-state index in [-0.39, 0.29) is 0 Å². The third-order valence-corrected chi connectivity index (χ3v) is 2.81. The number of urea groups is 1. The van der Waals surface area contributed by atoms with E-state index in [1.807, 2.05) is 0 Å². The third-order valence-electron chi connectivity index (χ3n) is 2.81. The molecule has 1 aromatic carbocycles. The van der Waals surface area contributed by atoms with Gasteiger partial charge in [0.25, 0.3) is 0 Å². The van der Waals surface area contributed by atoms with Crippen LogP contribution >= 0.6 is 0 Å². The third kappa shape index (κ3) is 3.31. The van der Waals surface area contributed by atoms with Gasteiger partial charge in [-0.2, -0.15) is 0 Å². The van der Waals surface area contributed by atoms with Gasteiger partial charge in [-0.15, -0.1) is 0 Å². The number of fused-ring (bicyclic) bond motifs is 1. The Balaban J connectivity index is 1.99. The number of nitrogens with one attached hydrogen (secondary N) is 2. The maximum absolute atomic E-state index is 11.7. The van der Waals surface area contributed by atoms with Crippen molar-refractivity contribution in [2.24, 2.45) is 0 Å². The molecule has 1 atom stereocenters. The van der Waals surface area contributed by atoms with Crippen molar-refractivity contribution in [2.75, 3.05) is 18.5 Å². The Morgan fingerprint density at radius 3 is 2.65 bits per heavy atom. The topological polar surface area (TPSA) is 96.9 Å². The molecule has 0 spiro atoms. The first kappa shape index (κ1) is 14.0. The molecule has 1 aliphatic heterocycles. The number of hydrogen-bond donors (Lipinski definition) is 3. The summed E-state index contributed by atoms with van der Waals surface area (Å²) in [7, 11) is 0. The van der Waals surface area contributed by atoms with Gasteiger partial charge in [-0.3, -0.25) is 0 Å². The lowest BCUT2D eigenvalue weighted by Crippen LogP contribution is -2.42. The molecule has 0 bridgehead atoms. The number of carbonyl (C=O) groups excluding carboxylic acids is 1. The Labute approximate surface area is 115 Å². The van der Waals surface area contributed by atoms with Crippen LogP contribution in [0.3, 0.4) is 0 Å². The standard InChI is InChI=1S/C13H16N2O5/c1-2-9(12(16)17)15-13(18)14-8-3-4-10-11(7-8)20-6-5-19-10/h3-4,7,9H,2,5-6H2,1H3,(H,16,17)(H2,14,15,18). The Morgan fingerprint density at radius 2 is 2.00 bits per heavy atom. The molecule has 20 heavy (non-hydrogen) atoms. The second kappa shape index (κ2) is 6.14. The van der Waals surface area contributed by atoms with E-state index in [1.165, 1.54) is 0 Å². The lowest BCUT2D eigenvalue weighted by atomic mass is 10.2. The molecule has 0 fully saturated rings. The fraction of sp³-hybridized carbons (Fsp3) is 0.385. The summed E-state index contributed by atoms with van der Waals surface area (Å²) in [5, 5.41) is 13.8. The second-order valence-electron chi connectivity index (χ2n) is 4.26. The number of anilines is 1. The van der Waals surface area contributed by atoms with Crippen LogP contribution in [0.25, 0.3) is 0 Å². The normalized spacial score (nSPS) is 14.2. The summed E-state index contributed by atoms with van der Waals surface area (Å²) < 4.78 is 10.8. The zero-order valence-corrected chi connectivity index (χ0v) is 11.0. The van der Waals surface area contributed by atoms with Crippen molar-refractivity contribution >= 4 is 17.7 Å². The quantitative estimate of drug-likeness (QED) is 0.775. The van der Waals surface area contributed by atoms with Gasteiger partial charge in [-0.05, 0) is 18.6 Å². The predicted molar refractivity (Wildman–Crippen MR) is 71.3 cm³/mol. The first-order valence-corrected chi connectivity index (χ1v) is 6.30. The summed E-state index contributed by atoms with van der Waals surface area (Å²) in [6.45, 7) is 2.64. The monoisotopic (exact) mass is 280 g/mol. The minimum absolute atomic E-state index is 0.309. The SMILES string of the molecule is CCC(NC(=O)Nc1ccc2c(c1)OCCO2)C(=O)O. The number of hydrogen-bond acceptors (Lipinski definition) is 4. The predicted octanol–water partition coefficient (Wildman–Crippen LogP) is 1.44. The first-order valence-electron chi connectivity index (χ1n) is 6.30. The van der Waals surface area contributed by atoms with Crippen molar-refractivity contribution in [3.8, 4) is 11.5 Å². The second-order valence-corrected chi connectivity index (χ2v) is 4.26. The number of ether oxygens (including phenoxy) is 2. The van der Waals surface area contributed by atoms with E-state index in [4.69, 9.17) is 14.6 Å². The van der Waals surface area contributed by atoms with E-state index in [2.05, 4.69) is 10.6 Å². The summed E-state index contributed by atoms with van der Waals surface area (Å²) in [5.74, 6) is 0.114. The Morgan fingerprint density at radius 1 is 1.30 bits per heavy atom. The number of aliphatic carboxylic acids is 1. The highest BCUT2D eigenvalue weighted by Crippen LogP contribution is 2.32. The average molecular weight is 280 g/mol. The van der Waals surface area contributed by atoms with Gasteiger partial charge in [-0.1, -0.05) is 6.92 Å². The number of carboxylic acids is 1. The summed E-state index contributed by atoms with van der Waals surface area (Å²) in [4.78, 5) is 22.5. The Bertz CT molecular complexity index is 517. The molecule has 2 amide bonds. The number of carboxylic acid groups (broad SMARTS) is 1. The Hall–Kier alpha value is -2.44. The molecule has 1 heterocycles. The van der Waals surface area contributed by atoms with Gasteiger partial charge in [0.05, 0.1) is 0 Å². The van der Waals surface area contributed by atoms with Crippen molar-refractivity contribution in [2.45, 2.75) is 19.4 Å². The van der Waals surface area contributed by atoms with Crippen LogP contribution < -0.4 is 20.1 Å². The fourth-order valence-electron chi connectivity index (χ4n) is 1.78. The minimum Gasteiger partial charge on any atom is -0.486 e.